The summed E-state index contributed by atoms with van der Waals surface area (Å²) in [4.78, 5) is 22.3. The molecule has 0 fully saturated rings. The van der Waals surface area contributed by atoms with E-state index < -0.39 is 5.41 Å². The SMILES string of the molecule is C=CCCC1(COC(C)=O)C=CC(=O)C=C1OC. The molecule has 1 unspecified atom stereocenters. The van der Waals surface area contributed by atoms with Crippen LogP contribution in [-0.2, 0) is 19.1 Å². The summed E-state index contributed by atoms with van der Waals surface area (Å²) >= 11 is 0. The van der Waals surface area contributed by atoms with Gasteiger partial charge in [-0.2, -0.15) is 0 Å². The Balaban J connectivity index is 2.97. The molecule has 0 bridgehead atoms. The van der Waals surface area contributed by atoms with Gasteiger partial charge in [0.1, 0.15) is 12.4 Å². The quantitative estimate of drug-likeness (QED) is 0.535. The molecule has 1 rings (SSSR count). The molecule has 0 amide bonds. The number of rotatable bonds is 6. The van der Waals surface area contributed by atoms with Gasteiger partial charge in [0, 0.05) is 13.0 Å². The van der Waals surface area contributed by atoms with Crippen molar-refractivity contribution in [3.63, 3.8) is 0 Å². The number of esters is 1. The van der Waals surface area contributed by atoms with Gasteiger partial charge in [0.2, 0.25) is 0 Å². The van der Waals surface area contributed by atoms with Crippen molar-refractivity contribution in [1.82, 2.24) is 0 Å². The first-order valence-electron chi connectivity index (χ1n) is 5.78. The molecule has 98 valence electrons. The summed E-state index contributed by atoms with van der Waals surface area (Å²) in [7, 11) is 1.51. The Morgan fingerprint density at radius 3 is 2.83 bits per heavy atom. The molecule has 0 aromatic rings. The summed E-state index contributed by atoms with van der Waals surface area (Å²) in [5.41, 5.74) is -0.567. The van der Waals surface area contributed by atoms with E-state index in [1.54, 1.807) is 12.2 Å². The average Bonchev–Trinajstić information content (AvgIpc) is 2.36. The zero-order valence-electron chi connectivity index (χ0n) is 10.8. The van der Waals surface area contributed by atoms with Gasteiger partial charge in [-0.1, -0.05) is 12.2 Å². The van der Waals surface area contributed by atoms with Crippen molar-refractivity contribution >= 4 is 11.8 Å². The fourth-order valence-corrected chi connectivity index (χ4v) is 1.90. The van der Waals surface area contributed by atoms with Gasteiger partial charge < -0.3 is 9.47 Å². The summed E-state index contributed by atoms with van der Waals surface area (Å²) in [6.45, 7) is 5.20. The van der Waals surface area contributed by atoms with Gasteiger partial charge in [0.05, 0.1) is 12.5 Å². The van der Waals surface area contributed by atoms with E-state index in [9.17, 15) is 9.59 Å². The second-order valence-corrected chi connectivity index (χ2v) is 4.21. The minimum absolute atomic E-state index is 0.121. The van der Waals surface area contributed by atoms with Crippen molar-refractivity contribution in [3.8, 4) is 0 Å². The van der Waals surface area contributed by atoms with Crippen LogP contribution in [-0.4, -0.2) is 25.5 Å². The number of hydrogen-bond acceptors (Lipinski definition) is 4. The summed E-state index contributed by atoms with van der Waals surface area (Å²) in [6, 6.07) is 0. The first-order chi connectivity index (χ1) is 8.54. The third-order valence-corrected chi connectivity index (χ3v) is 2.88. The highest BCUT2D eigenvalue weighted by Gasteiger charge is 2.36. The maximum Gasteiger partial charge on any atom is 0.302 e. The van der Waals surface area contributed by atoms with Crippen molar-refractivity contribution in [2.75, 3.05) is 13.7 Å². The number of ether oxygens (including phenoxy) is 2. The van der Waals surface area contributed by atoms with Crippen molar-refractivity contribution in [3.05, 3.63) is 36.6 Å². The molecular weight excluding hydrogens is 232 g/mol. The highest BCUT2D eigenvalue weighted by Crippen LogP contribution is 2.37. The van der Waals surface area contributed by atoms with Crippen LogP contribution in [0.1, 0.15) is 19.8 Å². The van der Waals surface area contributed by atoms with Crippen molar-refractivity contribution in [1.29, 1.82) is 0 Å². The molecule has 0 aliphatic heterocycles. The topological polar surface area (TPSA) is 52.6 Å². The van der Waals surface area contributed by atoms with Crippen LogP contribution in [0.15, 0.2) is 36.6 Å². The van der Waals surface area contributed by atoms with Crippen LogP contribution in [0.3, 0.4) is 0 Å². The monoisotopic (exact) mass is 250 g/mol. The second kappa shape index (κ2) is 6.19. The first-order valence-corrected chi connectivity index (χ1v) is 5.78. The van der Waals surface area contributed by atoms with Gasteiger partial charge in [-0.05, 0) is 18.9 Å². The average molecular weight is 250 g/mol. The predicted octanol–water partition coefficient (Wildman–Crippen LogP) is 2.17. The Labute approximate surface area is 107 Å². The molecule has 1 aliphatic carbocycles. The molecule has 0 aromatic heterocycles. The third-order valence-electron chi connectivity index (χ3n) is 2.88. The molecule has 0 saturated heterocycles. The van der Waals surface area contributed by atoms with E-state index in [1.165, 1.54) is 26.2 Å². The van der Waals surface area contributed by atoms with E-state index in [4.69, 9.17) is 9.47 Å². The van der Waals surface area contributed by atoms with E-state index in [-0.39, 0.29) is 18.4 Å². The standard InChI is InChI=1S/C14H18O4/c1-4-5-7-14(10-18-11(2)15)8-6-12(16)9-13(14)17-3/h4,6,8-9H,1,5,7,10H2,2-3H3. The number of carbonyl (C=O) groups is 2. The minimum atomic E-state index is -0.567. The second-order valence-electron chi connectivity index (χ2n) is 4.21. The molecule has 0 heterocycles. The molecule has 4 nitrogen and oxygen atoms in total. The summed E-state index contributed by atoms with van der Waals surface area (Å²) in [5.74, 6) is 0.0516. The Hall–Kier alpha value is -1.84. The molecule has 0 radical (unpaired) electrons. The maximum absolute atomic E-state index is 11.4. The van der Waals surface area contributed by atoms with Crippen molar-refractivity contribution < 1.29 is 19.1 Å². The van der Waals surface area contributed by atoms with Gasteiger partial charge in [-0.25, -0.2) is 0 Å². The molecule has 18 heavy (non-hydrogen) atoms. The van der Waals surface area contributed by atoms with Crippen LogP contribution < -0.4 is 0 Å². The minimum Gasteiger partial charge on any atom is -0.500 e. The highest BCUT2D eigenvalue weighted by atomic mass is 16.5. The van der Waals surface area contributed by atoms with E-state index in [0.717, 1.165) is 6.42 Å². The molecule has 0 spiro atoms. The van der Waals surface area contributed by atoms with Crippen molar-refractivity contribution in [2.24, 2.45) is 5.41 Å². The van der Waals surface area contributed by atoms with Crippen LogP contribution in [0.25, 0.3) is 0 Å². The lowest BCUT2D eigenvalue weighted by Gasteiger charge is -2.32. The molecule has 1 aliphatic rings. The Kier molecular flexibility index (Phi) is 4.89. The van der Waals surface area contributed by atoms with E-state index >= 15 is 0 Å². The largest absolute Gasteiger partial charge is 0.500 e. The molecule has 0 aromatic carbocycles. The Morgan fingerprint density at radius 2 is 2.28 bits per heavy atom. The van der Waals surface area contributed by atoms with Crippen LogP contribution in [0.5, 0.6) is 0 Å². The van der Waals surface area contributed by atoms with Crippen LogP contribution in [0.4, 0.5) is 0 Å². The van der Waals surface area contributed by atoms with Gasteiger partial charge in [0.25, 0.3) is 0 Å². The van der Waals surface area contributed by atoms with Gasteiger partial charge in [0.15, 0.2) is 5.78 Å². The molecular formula is C14H18O4. The van der Waals surface area contributed by atoms with Crippen LogP contribution >= 0.6 is 0 Å². The predicted molar refractivity (Wildman–Crippen MR) is 67.7 cm³/mol. The lowest BCUT2D eigenvalue weighted by atomic mass is 9.78. The van der Waals surface area contributed by atoms with Gasteiger partial charge >= 0.3 is 5.97 Å². The lowest BCUT2D eigenvalue weighted by molar-refractivity contribution is -0.143. The lowest BCUT2D eigenvalue weighted by Crippen LogP contribution is -2.31. The number of carbonyl (C=O) groups excluding carboxylic acids is 2. The summed E-state index contributed by atoms with van der Waals surface area (Å²) in [5, 5.41) is 0. The van der Waals surface area contributed by atoms with Gasteiger partial charge in [-0.3, -0.25) is 9.59 Å². The maximum atomic E-state index is 11.4. The Bertz CT molecular complexity index is 406. The van der Waals surface area contributed by atoms with E-state index in [1.807, 2.05) is 0 Å². The molecule has 0 saturated carbocycles. The molecule has 0 N–H and O–H groups in total. The summed E-state index contributed by atoms with van der Waals surface area (Å²) in [6.07, 6.45) is 7.86. The van der Waals surface area contributed by atoms with E-state index in [2.05, 4.69) is 6.58 Å². The van der Waals surface area contributed by atoms with Crippen molar-refractivity contribution in [2.45, 2.75) is 19.8 Å². The molecule has 4 heteroatoms. The van der Waals surface area contributed by atoms with Crippen LogP contribution in [0.2, 0.25) is 0 Å². The zero-order chi connectivity index (χ0) is 13.6. The molecule has 1 atom stereocenters. The first kappa shape index (κ1) is 14.2. The zero-order valence-corrected chi connectivity index (χ0v) is 10.8. The fourth-order valence-electron chi connectivity index (χ4n) is 1.90. The highest BCUT2D eigenvalue weighted by molar-refractivity contribution is 6.00. The smallest absolute Gasteiger partial charge is 0.302 e. The Morgan fingerprint density at radius 1 is 1.56 bits per heavy atom. The number of hydrogen-bond donors (Lipinski definition) is 0. The number of allylic oxidation sites excluding steroid dienone is 3. The van der Waals surface area contributed by atoms with Gasteiger partial charge in [-0.15, -0.1) is 6.58 Å². The number of methoxy groups -OCH3 is 1. The summed E-state index contributed by atoms with van der Waals surface area (Å²) < 4.78 is 10.4. The normalized spacial score (nSPS) is 22.3. The fraction of sp³-hybridized carbons (Fsp3) is 0.429. The number of ketones is 1. The van der Waals surface area contributed by atoms with Crippen LogP contribution in [0, 0.1) is 5.41 Å². The third kappa shape index (κ3) is 3.32. The van der Waals surface area contributed by atoms with E-state index in [0.29, 0.717) is 12.2 Å².